The number of nitriles is 1. The maximum atomic E-state index is 8.62. The van der Waals surface area contributed by atoms with Crippen LogP contribution >= 0.6 is 11.6 Å². The summed E-state index contributed by atoms with van der Waals surface area (Å²) in [5.41, 5.74) is 1.00. The van der Waals surface area contributed by atoms with Crippen LogP contribution in [0, 0.1) is 11.5 Å². The Bertz CT molecular complexity index is 432. The average Bonchev–Trinajstić information content (AvgIpc) is 2.28. The first-order chi connectivity index (χ1) is 8.04. The average molecular weight is 252 g/mol. The van der Waals surface area contributed by atoms with E-state index < -0.39 is 0 Å². The molecule has 0 aliphatic carbocycles. The molecule has 0 aromatic carbocycles. The van der Waals surface area contributed by atoms with Crippen LogP contribution in [0.3, 0.4) is 0 Å². The van der Waals surface area contributed by atoms with Gasteiger partial charge in [0.2, 0.25) is 12.2 Å². The number of guanidine groups is 1. The minimum atomic E-state index is 0.468. The number of pyridine rings is 1. The maximum absolute atomic E-state index is 8.62. The van der Waals surface area contributed by atoms with E-state index in [0.717, 1.165) is 5.56 Å². The van der Waals surface area contributed by atoms with Gasteiger partial charge in [-0.15, -0.1) is 4.99 Å². The van der Waals surface area contributed by atoms with E-state index in [0.29, 0.717) is 17.7 Å². The number of hydrogen-bond donors (Lipinski definition) is 0. The number of rotatable bonds is 2. The highest BCUT2D eigenvalue weighted by molar-refractivity contribution is 6.29. The molecule has 0 amide bonds. The standard InChI is InChI=1S/C11H14ClN5/c1-16(2)11(15-8-13)17(3)7-9-4-5-10(12)14-6-9/h4-6H,7H2,1-3H3. The first-order valence-electron chi connectivity index (χ1n) is 5.00. The van der Waals surface area contributed by atoms with Crippen molar-refractivity contribution in [1.82, 2.24) is 14.8 Å². The fraction of sp³-hybridized carbons (Fsp3) is 0.364. The van der Waals surface area contributed by atoms with Gasteiger partial charge in [0.1, 0.15) is 5.15 Å². The number of hydrogen-bond acceptors (Lipinski definition) is 3. The Balaban J connectivity index is 2.77. The van der Waals surface area contributed by atoms with Gasteiger partial charge in [0.15, 0.2) is 0 Å². The van der Waals surface area contributed by atoms with Crippen molar-refractivity contribution in [2.45, 2.75) is 6.54 Å². The molecule has 0 bridgehead atoms. The molecule has 0 aliphatic rings. The summed E-state index contributed by atoms with van der Waals surface area (Å²) in [5.74, 6) is 0.599. The van der Waals surface area contributed by atoms with Gasteiger partial charge >= 0.3 is 0 Å². The first-order valence-corrected chi connectivity index (χ1v) is 5.38. The molecule has 0 saturated carbocycles. The number of aromatic nitrogens is 1. The molecular formula is C11H14ClN5. The highest BCUT2D eigenvalue weighted by atomic mass is 35.5. The Morgan fingerprint density at radius 1 is 1.47 bits per heavy atom. The number of halogens is 1. The summed E-state index contributed by atoms with van der Waals surface area (Å²) >= 11 is 5.71. The summed E-state index contributed by atoms with van der Waals surface area (Å²) in [7, 11) is 5.55. The summed E-state index contributed by atoms with van der Waals surface area (Å²) in [6, 6.07) is 3.63. The van der Waals surface area contributed by atoms with Crippen molar-refractivity contribution in [1.29, 1.82) is 5.26 Å². The van der Waals surface area contributed by atoms with E-state index in [1.807, 2.05) is 32.1 Å². The van der Waals surface area contributed by atoms with Gasteiger partial charge in [0.25, 0.3) is 0 Å². The predicted molar refractivity (Wildman–Crippen MR) is 67.4 cm³/mol. The molecule has 5 nitrogen and oxygen atoms in total. The molecular weight excluding hydrogens is 238 g/mol. The molecule has 1 aromatic rings. The Morgan fingerprint density at radius 3 is 2.65 bits per heavy atom. The largest absolute Gasteiger partial charge is 0.348 e. The molecule has 1 heterocycles. The predicted octanol–water partition coefficient (Wildman–Crippen LogP) is 1.57. The SMILES string of the molecule is CN(C)C(=NC#N)N(C)Cc1ccc(Cl)nc1. The van der Waals surface area contributed by atoms with E-state index in [2.05, 4.69) is 9.98 Å². The van der Waals surface area contributed by atoms with E-state index in [9.17, 15) is 0 Å². The second-order valence-electron chi connectivity index (χ2n) is 3.75. The van der Waals surface area contributed by atoms with Crippen LogP contribution in [-0.2, 0) is 6.54 Å². The van der Waals surface area contributed by atoms with Crippen molar-refractivity contribution in [2.75, 3.05) is 21.1 Å². The van der Waals surface area contributed by atoms with Crippen LogP contribution in [-0.4, -0.2) is 41.9 Å². The summed E-state index contributed by atoms with van der Waals surface area (Å²) in [4.78, 5) is 11.4. The minimum Gasteiger partial charge on any atom is -0.348 e. The number of nitrogens with zero attached hydrogens (tertiary/aromatic N) is 5. The summed E-state index contributed by atoms with van der Waals surface area (Å²) in [6.07, 6.45) is 3.50. The van der Waals surface area contributed by atoms with E-state index in [-0.39, 0.29) is 0 Å². The third-order valence-corrected chi connectivity index (χ3v) is 2.32. The molecule has 0 N–H and O–H groups in total. The Morgan fingerprint density at radius 2 is 2.18 bits per heavy atom. The zero-order chi connectivity index (χ0) is 12.8. The van der Waals surface area contributed by atoms with Gasteiger partial charge in [0, 0.05) is 33.9 Å². The van der Waals surface area contributed by atoms with E-state index >= 15 is 0 Å². The van der Waals surface area contributed by atoms with Gasteiger partial charge in [-0.25, -0.2) is 4.98 Å². The molecule has 17 heavy (non-hydrogen) atoms. The lowest BCUT2D eigenvalue weighted by Gasteiger charge is -2.25. The molecule has 0 fully saturated rings. The Kier molecular flexibility index (Phi) is 4.73. The van der Waals surface area contributed by atoms with Crippen LogP contribution in [0.25, 0.3) is 0 Å². The zero-order valence-electron chi connectivity index (χ0n) is 10.1. The molecule has 0 spiro atoms. The molecule has 1 rings (SSSR count). The van der Waals surface area contributed by atoms with Crippen LogP contribution in [0.2, 0.25) is 5.15 Å². The van der Waals surface area contributed by atoms with Crippen molar-refractivity contribution in [3.05, 3.63) is 29.0 Å². The van der Waals surface area contributed by atoms with Crippen molar-refractivity contribution in [2.24, 2.45) is 4.99 Å². The van der Waals surface area contributed by atoms with Crippen molar-refractivity contribution in [3.63, 3.8) is 0 Å². The smallest absolute Gasteiger partial charge is 0.212 e. The monoisotopic (exact) mass is 251 g/mol. The van der Waals surface area contributed by atoms with Gasteiger partial charge in [0.05, 0.1) is 0 Å². The lowest BCUT2D eigenvalue weighted by Crippen LogP contribution is -2.37. The van der Waals surface area contributed by atoms with E-state index in [4.69, 9.17) is 16.9 Å². The van der Waals surface area contributed by atoms with Crippen LogP contribution in [0.4, 0.5) is 0 Å². The van der Waals surface area contributed by atoms with E-state index in [1.54, 1.807) is 23.4 Å². The second kappa shape index (κ2) is 6.06. The quantitative estimate of drug-likeness (QED) is 0.347. The summed E-state index contributed by atoms with van der Waals surface area (Å²) in [6.45, 7) is 0.614. The minimum absolute atomic E-state index is 0.468. The fourth-order valence-electron chi connectivity index (χ4n) is 1.42. The highest BCUT2D eigenvalue weighted by Crippen LogP contribution is 2.08. The summed E-state index contributed by atoms with van der Waals surface area (Å²) in [5, 5.41) is 9.08. The van der Waals surface area contributed by atoms with Crippen LogP contribution in [0.1, 0.15) is 5.56 Å². The third-order valence-electron chi connectivity index (χ3n) is 2.10. The van der Waals surface area contributed by atoms with Crippen LogP contribution in [0.5, 0.6) is 0 Å². The van der Waals surface area contributed by atoms with Crippen LogP contribution < -0.4 is 0 Å². The first kappa shape index (κ1) is 13.3. The van der Waals surface area contributed by atoms with Crippen molar-refractivity contribution in [3.8, 4) is 6.19 Å². The molecule has 0 atom stereocenters. The molecule has 0 unspecified atom stereocenters. The van der Waals surface area contributed by atoms with Gasteiger partial charge in [-0.2, -0.15) is 5.26 Å². The number of aliphatic imine (C=N–C) groups is 1. The molecule has 1 aromatic heterocycles. The van der Waals surface area contributed by atoms with Gasteiger partial charge in [-0.05, 0) is 11.6 Å². The van der Waals surface area contributed by atoms with Gasteiger partial charge in [-0.1, -0.05) is 17.7 Å². The van der Waals surface area contributed by atoms with Crippen molar-refractivity contribution < 1.29 is 0 Å². The topological polar surface area (TPSA) is 55.5 Å². The van der Waals surface area contributed by atoms with Gasteiger partial charge in [-0.3, -0.25) is 0 Å². The lowest BCUT2D eigenvalue weighted by molar-refractivity contribution is 0.419. The zero-order valence-corrected chi connectivity index (χ0v) is 10.8. The molecule has 0 aliphatic heterocycles. The Hall–Kier alpha value is -1.80. The normalized spacial score (nSPS) is 10.9. The molecule has 6 heteroatoms. The van der Waals surface area contributed by atoms with Gasteiger partial charge < -0.3 is 9.80 Å². The molecule has 90 valence electrons. The fourth-order valence-corrected chi connectivity index (χ4v) is 1.53. The van der Waals surface area contributed by atoms with Crippen LogP contribution in [0.15, 0.2) is 23.3 Å². The molecule has 0 radical (unpaired) electrons. The van der Waals surface area contributed by atoms with Crippen molar-refractivity contribution >= 4 is 17.6 Å². The maximum Gasteiger partial charge on any atom is 0.212 e. The highest BCUT2D eigenvalue weighted by Gasteiger charge is 2.09. The second-order valence-corrected chi connectivity index (χ2v) is 4.14. The molecule has 0 saturated heterocycles. The summed E-state index contributed by atoms with van der Waals surface area (Å²) < 4.78 is 0. The third kappa shape index (κ3) is 3.93. The Labute approximate surface area is 106 Å². The lowest BCUT2D eigenvalue weighted by atomic mass is 10.3. The van der Waals surface area contributed by atoms with E-state index in [1.165, 1.54) is 0 Å².